The third-order valence-electron chi connectivity index (χ3n) is 5.33. The van der Waals surface area contributed by atoms with Gasteiger partial charge in [0.25, 0.3) is 0 Å². The first-order valence-corrected chi connectivity index (χ1v) is 10.0. The van der Waals surface area contributed by atoms with E-state index in [1.807, 2.05) is 30.9 Å². The highest BCUT2D eigenvalue weighted by atomic mass is 16.5. The maximum absolute atomic E-state index is 12.6. The van der Waals surface area contributed by atoms with Crippen molar-refractivity contribution in [2.24, 2.45) is 5.92 Å². The number of benzene rings is 1. The summed E-state index contributed by atoms with van der Waals surface area (Å²) in [6.07, 6.45) is 5.86. The fraction of sp³-hybridized carbons (Fsp3) is 0.545. The molecule has 2 amide bonds. The molecule has 152 valence electrons. The molecule has 3 rings (SSSR count). The van der Waals surface area contributed by atoms with Crippen molar-refractivity contribution >= 4 is 17.9 Å². The number of piperidine rings is 1. The van der Waals surface area contributed by atoms with Crippen LogP contribution in [0, 0.1) is 5.92 Å². The molecule has 0 N–H and O–H groups in total. The van der Waals surface area contributed by atoms with Gasteiger partial charge in [-0.3, -0.25) is 9.59 Å². The third kappa shape index (κ3) is 4.49. The summed E-state index contributed by atoms with van der Waals surface area (Å²) in [5, 5.41) is 0. The Hall–Kier alpha value is -2.50. The highest BCUT2D eigenvalue weighted by Gasteiger charge is 2.27. The molecular weight excluding hydrogens is 356 g/mol. The number of ether oxygens (including phenoxy) is 2. The maximum atomic E-state index is 12.6. The molecule has 0 radical (unpaired) electrons. The minimum Gasteiger partial charge on any atom is -0.493 e. The molecule has 2 aliphatic rings. The van der Waals surface area contributed by atoms with E-state index >= 15 is 0 Å². The number of fused-ring (bicyclic) bond motifs is 1. The topological polar surface area (TPSA) is 59.1 Å². The van der Waals surface area contributed by atoms with E-state index < -0.39 is 0 Å². The number of rotatable bonds is 5. The van der Waals surface area contributed by atoms with Gasteiger partial charge >= 0.3 is 0 Å². The Morgan fingerprint density at radius 1 is 1.29 bits per heavy atom. The van der Waals surface area contributed by atoms with Crippen molar-refractivity contribution < 1.29 is 19.1 Å². The maximum Gasteiger partial charge on any atom is 0.246 e. The molecule has 6 nitrogen and oxygen atoms in total. The zero-order chi connectivity index (χ0) is 20.3. The van der Waals surface area contributed by atoms with Crippen molar-refractivity contribution in [1.82, 2.24) is 9.80 Å². The number of amides is 2. The van der Waals surface area contributed by atoms with E-state index in [4.69, 9.17) is 9.47 Å². The lowest BCUT2D eigenvalue weighted by molar-refractivity contribution is -0.137. The molecule has 1 fully saturated rings. The Morgan fingerprint density at radius 3 is 2.64 bits per heavy atom. The predicted octanol–water partition coefficient (Wildman–Crippen LogP) is 2.75. The van der Waals surface area contributed by atoms with Crippen LogP contribution in [0.3, 0.4) is 0 Å². The Kier molecular flexibility index (Phi) is 6.27. The lowest BCUT2D eigenvalue weighted by Crippen LogP contribution is -2.42. The van der Waals surface area contributed by atoms with Crippen molar-refractivity contribution in [3.63, 3.8) is 0 Å². The number of carbonyl (C=O) groups is 2. The number of hydrogen-bond donors (Lipinski definition) is 0. The fourth-order valence-corrected chi connectivity index (χ4v) is 3.84. The monoisotopic (exact) mass is 386 g/mol. The standard InChI is InChI=1S/C22H30N2O4/c1-5-27-19-14-18-12-15(2)28-20(18)13-17(19)6-7-21(25)24-10-8-16(9-11-24)22(26)23(3)4/h6-7,13-16H,5,8-12H2,1-4H3. The lowest BCUT2D eigenvalue weighted by Gasteiger charge is -2.31. The average Bonchev–Trinajstić information content (AvgIpc) is 3.04. The second-order valence-electron chi connectivity index (χ2n) is 7.73. The minimum absolute atomic E-state index is 0.0171. The van der Waals surface area contributed by atoms with Gasteiger partial charge in [-0.25, -0.2) is 0 Å². The van der Waals surface area contributed by atoms with Crippen LogP contribution in [-0.4, -0.2) is 61.5 Å². The molecule has 2 heterocycles. The molecule has 28 heavy (non-hydrogen) atoms. The van der Waals surface area contributed by atoms with Gasteiger partial charge in [0.1, 0.15) is 17.6 Å². The Labute approximate surface area is 167 Å². The number of likely N-dealkylation sites (tertiary alicyclic amines) is 1. The van der Waals surface area contributed by atoms with Crippen molar-refractivity contribution in [1.29, 1.82) is 0 Å². The van der Waals surface area contributed by atoms with E-state index in [-0.39, 0.29) is 23.8 Å². The predicted molar refractivity (Wildman–Crippen MR) is 108 cm³/mol. The van der Waals surface area contributed by atoms with Crippen LogP contribution in [0.15, 0.2) is 18.2 Å². The van der Waals surface area contributed by atoms with Gasteiger partial charge in [-0.05, 0) is 44.9 Å². The first-order valence-electron chi connectivity index (χ1n) is 10.0. The van der Waals surface area contributed by atoms with Crippen LogP contribution in [-0.2, 0) is 16.0 Å². The van der Waals surface area contributed by atoms with Gasteiger partial charge in [0.15, 0.2) is 0 Å². The van der Waals surface area contributed by atoms with Gasteiger partial charge in [-0.2, -0.15) is 0 Å². The molecule has 0 spiro atoms. The van der Waals surface area contributed by atoms with Crippen molar-refractivity contribution in [2.75, 3.05) is 33.8 Å². The number of hydrogen-bond acceptors (Lipinski definition) is 4. The fourth-order valence-electron chi connectivity index (χ4n) is 3.84. The van der Waals surface area contributed by atoms with Crippen LogP contribution >= 0.6 is 0 Å². The first-order chi connectivity index (χ1) is 13.4. The van der Waals surface area contributed by atoms with E-state index in [2.05, 4.69) is 0 Å². The van der Waals surface area contributed by atoms with Crippen LogP contribution in [0.4, 0.5) is 0 Å². The molecule has 6 heteroatoms. The smallest absolute Gasteiger partial charge is 0.246 e. The summed E-state index contributed by atoms with van der Waals surface area (Å²) >= 11 is 0. The molecule has 1 aromatic carbocycles. The van der Waals surface area contributed by atoms with Crippen LogP contribution in [0.5, 0.6) is 11.5 Å². The first kappa shape index (κ1) is 20.2. The molecule has 2 aliphatic heterocycles. The largest absolute Gasteiger partial charge is 0.493 e. The third-order valence-corrected chi connectivity index (χ3v) is 5.33. The van der Waals surface area contributed by atoms with E-state index in [1.165, 1.54) is 0 Å². The van der Waals surface area contributed by atoms with Gasteiger partial charge < -0.3 is 19.3 Å². The average molecular weight is 386 g/mol. The van der Waals surface area contributed by atoms with Crippen LogP contribution in [0.2, 0.25) is 0 Å². The number of nitrogens with zero attached hydrogens (tertiary/aromatic N) is 2. The quantitative estimate of drug-likeness (QED) is 0.730. The summed E-state index contributed by atoms with van der Waals surface area (Å²) in [6.45, 7) is 5.78. The molecule has 1 aromatic rings. The Bertz CT molecular complexity index is 764. The summed E-state index contributed by atoms with van der Waals surface area (Å²) in [7, 11) is 3.55. The molecular formula is C22H30N2O4. The molecule has 0 bridgehead atoms. The second-order valence-corrected chi connectivity index (χ2v) is 7.73. The van der Waals surface area contributed by atoms with Crippen molar-refractivity contribution in [3.8, 4) is 11.5 Å². The summed E-state index contributed by atoms with van der Waals surface area (Å²) in [4.78, 5) is 28.1. The second kappa shape index (κ2) is 8.67. The van der Waals surface area contributed by atoms with E-state index in [0.29, 0.717) is 32.5 Å². The molecule has 1 unspecified atom stereocenters. The van der Waals surface area contributed by atoms with Crippen molar-refractivity contribution in [3.05, 3.63) is 29.3 Å². The zero-order valence-corrected chi connectivity index (χ0v) is 17.2. The van der Waals surface area contributed by atoms with Gasteiger partial charge in [0.2, 0.25) is 11.8 Å². The normalized spacial score (nSPS) is 19.4. The Balaban J connectivity index is 1.66. The van der Waals surface area contributed by atoms with Crippen LogP contribution in [0.25, 0.3) is 6.08 Å². The number of carbonyl (C=O) groups excluding carboxylic acids is 2. The van der Waals surface area contributed by atoms with Gasteiger partial charge in [0.05, 0.1) is 6.61 Å². The van der Waals surface area contributed by atoms with Gasteiger partial charge in [-0.1, -0.05) is 0 Å². The van der Waals surface area contributed by atoms with Gasteiger partial charge in [0, 0.05) is 56.7 Å². The van der Waals surface area contributed by atoms with Crippen molar-refractivity contribution in [2.45, 2.75) is 39.2 Å². The molecule has 1 atom stereocenters. The van der Waals surface area contributed by atoms with Gasteiger partial charge in [-0.15, -0.1) is 0 Å². The summed E-state index contributed by atoms with van der Waals surface area (Å²) in [6, 6.07) is 3.97. The molecule has 1 saturated heterocycles. The minimum atomic E-state index is -0.0343. The van der Waals surface area contributed by atoms with Crippen LogP contribution in [0.1, 0.15) is 37.8 Å². The summed E-state index contributed by atoms with van der Waals surface area (Å²) in [5.74, 6) is 1.78. The van der Waals surface area contributed by atoms with E-state index in [0.717, 1.165) is 29.0 Å². The van der Waals surface area contributed by atoms with E-state index in [1.54, 1.807) is 31.1 Å². The molecule has 0 aliphatic carbocycles. The summed E-state index contributed by atoms with van der Waals surface area (Å²) in [5.41, 5.74) is 1.99. The van der Waals surface area contributed by atoms with E-state index in [9.17, 15) is 9.59 Å². The molecule has 0 aromatic heterocycles. The summed E-state index contributed by atoms with van der Waals surface area (Å²) < 4.78 is 11.6. The highest BCUT2D eigenvalue weighted by Crippen LogP contribution is 2.35. The molecule has 0 saturated carbocycles. The zero-order valence-electron chi connectivity index (χ0n) is 17.2. The SMILES string of the molecule is CCOc1cc2c(cc1C=CC(=O)N1CCC(C(=O)N(C)C)CC1)OC(C)C2. The Morgan fingerprint density at radius 2 is 2.00 bits per heavy atom. The lowest BCUT2D eigenvalue weighted by atomic mass is 9.95. The highest BCUT2D eigenvalue weighted by molar-refractivity contribution is 5.92. The van der Waals surface area contributed by atoms with Crippen LogP contribution < -0.4 is 9.47 Å².